The summed E-state index contributed by atoms with van der Waals surface area (Å²) in [5, 5.41) is 0. The molecule has 0 aliphatic carbocycles. The lowest BCUT2D eigenvalue weighted by Crippen LogP contribution is -2.41. The van der Waals surface area contributed by atoms with Gasteiger partial charge in [-0.15, -0.1) is 9.06 Å². The van der Waals surface area contributed by atoms with Crippen LogP contribution in [0.4, 0.5) is 22.0 Å². The van der Waals surface area contributed by atoms with Crippen LogP contribution in [0.15, 0.2) is 76.5 Å². The predicted octanol–water partition coefficient (Wildman–Crippen LogP) is 5.42. The van der Waals surface area contributed by atoms with Gasteiger partial charge in [0.25, 0.3) is 10.1 Å². The number of benzene rings is 3. The first kappa shape index (κ1) is 37.1. The van der Waals surface area contributed by atoms with Gasteiger partial charge in [0.15, 0.2) is 0 Å². The fraction of sp³-hybridized carbons (Fsp3) is 0.379. The molecule has 1 saturated heterocycles. The van der Waals surface area contributed by atoms with Crippen LogP contribution in [0.25, 0.3) is 0 Å². The molecule has 260 valence electrons. The van der Waals surface area contributed by atoms with Crippen molar-refractivity contribution >= 4 is 38.1 Å². The van der Waals surface area contributed by atoms with Crippen molar-refractivity contribution in [1.82, 2.24) is 4.72 Å². The Morgan fingerprint density at radius 3 is 2.13 bits per heavy atom. The maximum Gasteiger partial charge on any atom is 0.416 e. The molecule has 0 aromatic heterocycles. The van der Waals surface area contributed by atoms with Crippen molar-refractivity contribution in [3.63, 3.8) is 0 Å². The molecule has 1 aliphatic rings. The molecule has 47 heavy (non-hydrogen) atoms. The zero-order valence-corrected chi connectivity index (χ0v) is 28.3. The fourth-order valence-corrected chi connectivity index (χ4v) is 16.2. The second kappa shape index (κ2) is 14.0. The normalized spacial score (nSPS) is 22.4. The van der Waals surface area contributed by atoms with E-state index in [1.807, 2.05) is 0 Å². The molecule has 0 saturated carbocycles. The van der Waals surface area contributed by atoms with E-state index < -0.39 is 101 Å². The number of sulfonamides is 1. The number of methoxy groups -OCH3 is 1. The van der Waals surface area contributed by atoms with Crippen LogP contribution < -0.4 is 9.46 Å². The van der Waals surface area contributed by atoms with Gasteiger partial charge in [-0.2, -0.15) is 21.6 Å². The molecule has 18 heteroatoms. The van der Waals surface area contributed by atoms with Gasteiger partial charge in [0.1, 0.15) is 17.4 Å². The predicted molar refractivity (Wildman–Crippen MR) is 167 cm³/mol. The quantitative estimate of drug-likeness (QED) is 0.148. The van der Waals surface area contributed by atoms with E-state index in [0.717, 1.165) is 30.5 Å². The molecule has 9 nitrogen and oxygen atoms in total. The topological polar surface area (TPSA) is 133 Å². The first-order valence-corrected chi connectivity index (χ1v) is 21.3. The van der Waals surface area contributed by atoms with Crippen LogP contribution in [-0.2, 0) is 45.9 Å². The largest absolute Gasteiger partial charge is 0.497 e. The summed E-state index contributed by atoms with van der Waals surface area (Å²) in [6, 6.07) is 11.3. The van der Waals surface area contributed by atoms with Gasteiger partial charge in [-0.3, -0.25) is 4.18 Å². The highest BCUT2D eigenvalue weighted by molar-refractivity contribution is 8.90. The highest BCUT2D eigenvalue weighted by Crippen LogP contribution is 2.68. The molecule has 3 atom stereocenters. The Labute approximate surface area is 271 Å². The minimum Gasteiger partial charge on any atom is -0.497 e. The highest BCUT2D eigenvalue weighted by atomic mass is 33.2. The molecule has 3 aromatic carbocycles. The maximum atomic E-state index is 15.4. The molecule has 0 radical (unpaired) electrons. The number of hydrogen-bond acceptors (Lipinski definition) is 8. The van der Waals surface area contributed by atoms with E-state index in [0.29, 0.717) is 29.5 Å². The van der Waals surface area contributed by atoms with Crippen LogP contribution >= 0.6 is 9.06 Å². The van der Waals surface area contributed by atoms with Crippen LogP contribution in [-0.4, -0.2) is 62.0 Å². The molecular formula is C29H32F5NO8S4. The van der Waals surface area contributed by atoms with Crippen molar-refractivity contribution in [2.75, 3.05) is 30.6 Å². The van der Waals surface area contributed by atoms with E-state index >= 15 is 4.39 Å². The Bertz CT molecular complexity index is 1900. The third-order valence-corrected chi connectivity index (χ3v) is 18.8. The van der Waals surface area contributed by atoms with Crippen LogP contribution in [0.3, 0.4) is 0 Å². The smallest absolute Gasteiger partial charge is 0.416 e. The standard InChI is InChI=1S/C29H32F5NO8S4/c1-42-24-8-3-20(4-9-24)18-35-46(38,39)16-13-21-19-45(15-14-27(21)43-44(2,36)37,28-17-23(30)7-12-26(28)31)47(40,41)25-10-5-22(6-11-25)29(32,33)34/h3-12,17,21,27,35H,13-16,18-19H2,1-2H3/t21-,27-/m0/s1. The average molecular weight is 746 g/mol. The summed E-state index contributed by atoms with van der Waals surface area (Å²) >= 11 is 0. The van der Waals surface area contributed by atoms with Crippen molar-refractivity contribution < 1.29 is 56.1 Å². The van der Waals surface area contributed by atoms with Crippen LogP contribution in [0.1, 0.15) is 24.0 Å². The summed E-state index contributed by atoms with van der Waals surface area (Å²) in [6.07, 6.45) is -5.89. The van der Waals surface area contributed by atoms with Gasteiger partial charge in [0.05, 0.1) is 35.7 Å². The lowest BCUT2D eigenvalue weighted by atomic mass is 9.99. The first-order valence-electron chi connectivity index (χ1n) is 13.9. The summed E-state index contributed by atoms with van der Waals surface area (Å²) in [4.78, 5) is -1.13. The van der Waals surface area contributed by atoms with Crippen LogP contribution in [0.5, 0.6) is 5.75 Å². The van der Waals surface area contributed by atoms with E-state index in [9.17, 15) is 42.8 Å². The minimum absolute atomic E-state index is 0.105. The molecule has 0 spiro atoms. The fourth-order valence-electron chi connectivity index (χ4n) is 5.29. The van der Waals surface area contributed by atoms with Crippen molar-refractivity contribution in [3.8, 4) is 5.75 Å². The zero-order valence-electron chi connectivity index (χ0n) is 25.0. The lowest BCUT2D eigenvalue weighted by Gasteiger charge is -2.47. The molecule has 1 fully saturated rings. The van der Waals surface area contributed by atoms with E-state index in [-0.39, 0.29) is 19.4 Å². The molecule has 0 amide bonds. The van der Waals surface area contributed by atoms with Crippen molar-refractivity contribution in [3.05, 3.63) is 89.5 Å². The van der Waals surface area contributed by atoms with Crippen molar-refractivity contribution in [1.29, 1.82) is 0 Å². The number of nitrogens with one attached hydrogen (secondary N) is 1. The Hall–Kier alpha value is -2.77. The van der Waals surface area contributed by atoms with E-state index in [1.165, 1.54) is 7.11 Å². The van der Waals surface area contributed by atoms with Gasteiger partial charge in [-0.05, 0) is 84.7 Å². The van der Waals surface area contributed by atoms with Crippen molar-refractivity contribution in [2.24, 2.45) is 5.92 Å². The molecule has 1 aliphatic heterocycles. The van der Waals surface area contributed by atoms with Crippen molar-refractivity contribution in [2.45, 2.75) is 41.5 Å². The van der Waals surface area contributed by atoms with Gasteiger partial charge in [-0.1, -0.05) is 12.1 Å². The third kappa shape index (κ3) is 8.83. The monoisotopic (exact) mass is 745 g/mol. The molecule has 0 bridgehead atoms. The Morgan fingerprint density at radius 1 is 0.915 bits per heavy atom. The van der Waals surface area contributed by atoms with Gasteiger partial charge in [0, 0.05) is 17.2 Å². The Kier molecular flexibility index (Phi) is 11.0. The second-order valence-corrected chi connectivity index (χ2v) is 21.8. The lowest BCUT2D eigenvalue weighted by molar-refractivity contribution is -0.137. The zero-order chi connectivity index (χ0) is 34.8. The molecule has 4 rings (SSSR count). The van der Waals surface area contributed by atoms with Crippen LogP contribution in [0, 0.1) is 17.6 Å². The molecular weight excluding hydrogens is 714 g/mol. The summed E-state index contributed by atoms with van der Waals surface area (Å²) in [7, 11) is -15.1. The summed E-state index contributed by atoms with van der Waals surface area (Å²) in [6.45, 7) is -0.105. The summed E-state index contributed by atoms with van der Waals surface area (Å²) < 4.78 is 161. The SMILES string of the molecule is COc1ccc(CNS(=O)(=O)CC[C@H]2CS(c3cc(F)ccc3F)(S(=O)(=O)c3ccc(C(F)(F)F)cc3)CC[C@@H]2OS(C)(=O)=O)cc1. The average Bonchev–Trinajstić information content (AvgIpc) is 3.00. The van der Waals surface area contributed by atoms with E-state index in [1.54, 1.807) is 24.3 Å². The van der Waals surface area contributed by atoms with Crippen LogP contribution in [0.2, 0.25) is 0 Å². The van der Waals surface area contributed by atoms with E-state index in [2.05, 4.69) is 4.72 Å². The second-order valence-electron chi connectivity index (χ2n) is 10.9. The number of halogens is 5. The molecule has 3 aromatic rings. The number of hydrogen-bond donors (Lipinski definition) is 1. The highest BCUT2D eigenvalue weighted by Gasteiger charge is 2.50. The maximum absolute atomic E-state index is 15.4. The summed E-state index contributed by atoms with van der Waals surface area (Å²) in [5.41, 5.74) is -0.536. The molecule has 1 heterocycles. The van der Waals surface area contributed by atoms with E-state index in [4.69, 9.17) is 8.92 Å². The Morgan fingerprint density at radius 2 is 1.55 bits per heavy atom. The summed E-state index contributed by atoms with van der Waals surface area (Å²) in [5.74, 6) is -4.24. The Balaban J connectivity index is 1.72. The minimum atomic E-state index is -4.78. The first-order chi connectivity index (χ1) is 21.8. The number of alkyl halides is 3. The number of rotatable bonds is 12. The van der Waals surface area contributed by atoms with Gasteiger partial charge >= 0.3 is 6.18 Å². The molecule has 1 unspecified atom stereocenters. The van der Waals surface area contributed by atoms with Gasteiger partial charge in [-0.25, -0.2) is 30.3 Å². The van der Waals surface area contributed by atoms with Gasteiger partial charge in [0.2, 0.25) is 18.9 Å². The van der Waals surface area contributed by atoms with Gasteiger partial charge < -0.3 is 4.74 Å². The number of ether oxygens (including phenoxy) is 1. The third-order valence-electron chi connectivity index (χ3n) is 7.64. The molecule has 1 N–H and O–H groups in total.